The summed E-state index contributed by atoms with van der Waals surface area (Å²) in [6.07, 6.45) is 0. The molecule has 0 unspecified atom stereocenters. The highest BCUT2D eigenvalue weighted by molar-refractivity contribution is 6.35. The van der Waals surface area contributed by atoms with E-state index in [0.717, 1.165) is 11.1 Å². The number of hydrogen-bond donors (Lipinski definition) is 1. The first-order valence-electron chi connectivity index (χ1n) is 5.75. The number of nitrogens with zero attached hydrogens (tertiary/aromatic N) is 1. The third kappa shape index (κ3) is 2.71. The molecule has 1 aromatic carbocycles. The molecule has 0 spiro atoms. The van der Waals surface area contributed by atoms with Crippen molar-refractivity contribution < 1.29 is 9.53 Å². The van der Waals surface area contributed by atoms with Crippen LogP contribution in [0.3, 0.4) is 0 Å². The Kier molecular flexibility index (Phi) is 4.16. The van der Waals surface area contributed by atoms with E-state index in [1.807, 2.05) is 13.0 Å². The number of rotatable bonds is 2. The zero-order chi connectivity index (χ0) is 14.9. The summed E-state index contributed by atoms with van der Waals surface area (Å²) < 4.78 is 4.64. The lowest BCUT2D eigenvalue weighted by molar-refractivity contribution is 0.0594. The Balaban J connectivity index is 2.60. The van der Waals surface area contributed by atoms with Crippen LogP contribution in [0, 0.1) is 6.92 Å². The molecule has 0 saturated carbocycles. The van der Waals surface area contributed by atoms with E-state index in [-0.39, 0.29) is 16.4 Å². The molecule has 0 saturated heterocycles. The number of pyridine rings is 1. The van der Waals surface area contributed by atoms with E-state index < -0.39 is 5.97 Å². The summed E-state index contributed by atoms with van der Waals surface area (Å²) in [6, 6.07) is 7.03. The average molecular weight is 311 g/mol. The van der Waals surface area contributed by atoms with E-state index in [1.165, 1.54) is 7.11 Å². The third-order valence-corrected chi connectivity index (χ3v) is 3.64. The fraction of sp³-hybridized carbons (Fsp3) is 0.143. The minimum Gasteiger partial charge on any atom is -0.464 e. The summed E-state index contributed by atoms with van der Waals surface area (Å²) >= 11 is 12.0. The minimum atomic E-state index is -0.630. The van der Waals surface area contributed by atoms with Gasteiger partial charge in [-0.2, -0.15) is 0 Å². The summed E-state index contributed by atoms with van der Waals surface area (Å²) in [7, 11) is 1.26. The van der Waals surface area contributed by atoms with Gasteiger partial charge in [0.1, 0.15) is 0 Å². The number of carbonyl (C=O) groups excluding carboxylic acids is 1. The van der Waals surface area contributed by atoms with Crippen LogP contribution in [0.25, 0.3) is 11.3 Å². The molecule has 4 nitrogen and oxygen atoms in total. The van der Waals surface area contributed by atoms with Gasteiger partial charge >= 0.3 is 5.97 Å². The number of carbonyl (C=O) groups is 1. The first-order valence-corrected chi connectivity index (χ1v) is 6.50. The number of aromatic nitrogens is 1. The lowest BCUT2D eigenvalue weighted by atomic mass is 10.1. The molecule has 0 amide bonds. The van der Waals surface area contributed by atoms with E-state index in [2.05, 4.69) is 9.72 Å². The molecule has 2 N–H and O–H groups in total. The molecule has 0 aliphatic heterocycles. The Labute approximate surface area is 126 Å². The van der Waals surface area contributed by atoms with Crippen LogP contribution in [0.4, 0.5) is 5.69 Å². The second kappa shape index (κ2) is 5.69. The van der Waals surface area contributed by atoms with Crippen molar-refractivity contribution >= 4 is 34.9 Å². The number of halogens is 2. The lowest BCUT2D eigenvalue weighted by Crippen LogP contribution is -2.08. The molecule has 0 aliphatic carbocycles. The number of methoxy groups -OCH3 is 1. The Morgan fingerprint density at radius 1 is 1.30 bits per heavy atom. The van der Waals surface area contributed by atoms with Crippen molar-refractivity contribution in [2.75, 3.05) is 12.8 Å². The van der Waals surface area contributed by atoms with Gasteiger partial charge in [-0.25, -0.2) is 9.78 Å². The molecule has 20 heavy (non-hydrogen) atoms. The Bertz CT molecular complexity index is 687. The zero-order valence-electron chi connectivity index (χ0n) is 10.9. The summed E-state index contributed by atoms with van der Waals surface area (Å²) in [5.74, 6) is -0.630. The van der Waals surface area contributed by atoms with Gasteiger partial charge in [0.25, 0.3) is 0 Å². The predicted molar refractivity (Wildman–Crippen MR) is 80.2 cm³/mol. The van der Waals surface area contributed by atoms with E-state index in [1.54, 1.807) is 18.2 Å². The van der Waals surface area contributed by atoms with Crippen molar-refractivity contribution in [2.45, 2.75) is 6.92 Å². The van der Waals surface area contributed by atoms with Crippen LogP contribution in [-0.4, -0.2) is 18.1 Å². The smallest absolute Gasteiger partial charge is 0.358 e. The molecule has 0 atom stereocenters. The lowest BCUT2D eigenvalue weighted by Gasteiger charge is -2.09. The van der Waals surface area contributed by atoms with Gasteiger partial charge in [0.2, 0.25) is 0 Å². The van der Waals surface area contributed by atoms with Gasteiger partial charge < -0.3 is 10.5 Å². The number of nitrogens with two attached hydrogens (primary N) is 1. The summed E-state index contributed by atoms with van der Waals surface area (Å²) in [6.45, 7) is 1.88. The monoisotopic (exact) mass is 310 g/mol. The molecule has 6 heteroatoms. The Hall–Kier alpha value is -1.78. The number of benzene rings is 1. The van der Waals surface area contributed by atoms with E-state index in [4.69, 9.17) is 28.9 Å². The van der Waals surface area contributed by atoms with Crippen LogP contribution in [0.2, 0.25) is 10.0 Å². The van der Waals surface area contributed by atoms with Crippen molar-refractivity contribution in [3.8, 4) is 11.3 Å². The van der Waals surface area contributed by atoms with Gasteiger partial charge in [-0.1, -0.05) is 29.3 Å². The fourth-order valence-electron chi connectivity index (χ4n) is 1.73. The van der Waals surface area contributed by atoms with Crippen LogP contribution < -0.4 is 5.73 Å². The van der Waals surface area contributed by atoms with Crippen molar-refractivity contribution in [3.63, 3.8) is 0 Å². The zero-order valence-corrected chi connectivity index (χ0v) is 12.4. The molecular formula is C14H12Cl2N2O2. The third-order valence-electron chi connectivity index (χ3n) is 2.82. The summed E-state index contributed by atoms with van der Waals surface area (Å²) in [5.41, 5.74) is 8.31. The van der Waals surface area contributed by atoms with Gasteiger partial charge in [-0.15, -0.1) is 0 Å². The fourth-order valence-corrected chi connectivity index (χ4v) is 2.02. The first-order chi connectivity index (χ1) is 9.43. The molecule has 0 fully saturated rings. The number of aryl methyl sites for hydroxylation is 1. The molecule has 2 rings (SSSR count). The van der Waals surface area contributed by atoms with Gasteiger partial charge in [-0.05, 0) is 30.7 Å². The van der Waals surface area contributed by atoms with Crippen molar-refractivity contribution in [1.29, 1.82) is 0 Å². The van der Waals surface area contributed by atoms with Crippen LogP contribution >= 0.6 is 23.2 Å². The molecule has 104 valence electrons. The quantitative estimate of drug-likeness (QED) is 0.858. The highest BCUT2D eigenvalue weighted by Gasteiger charge is 2.17. The van der Waals surface area contributed by atoms with E-state index in [9.17, 15) is 4.79 Å². The Morgan fingerprint density at radius 3 is 2.60 bits per heavy atom. The largest absolute Gasteiger partial charge is 0.464 e. The van der Waals surface area contributed by atoms with Gasteiger partial charge in [0, 0.05) is 10.6 Å². The number of ether oxygens (including phenoxy) is 1. The molecule has 1 aromatic heterocycles. The molecule has 0 radical (unpaired) electrons. The molecular weight excluding hydrogens is 299 g/mol. The Morgan fingerprint density at radius 2 is 2.00 bits per heavy atom. The summed E-state index contributed by atoms with van der Waals surface area (Å²) in [4.78, 5) is 15.9. The van der Waals surface area contributed by atoms with Gasteiger partial charge in [-0.3, -0.25) is 0 Å². The van der Waals surface area contributed by atoms with Gasteiger partial charge in [0.15, 0.2) is 5.69 Å². The normalized spacial score (nSPS) is 10.4. The highest BCUT2D eigenvalue weighted by Crippen LogP contribution is 2.30. The predicted octanol–water partition coefficient (Wildman–Crippen LogP) is 3.73. The number of nitrogen functional groups attached to an aromatic ring is 1. The number of hydrogen-bond acceptors (Lipinski definition) is 4. The van der Waals surface area contributed by atoms with Crippen LogP contribution in [0.15, 0.2) is 24.3 Å². The molecule has 1 heterocycles. The molecule has 2 aromatic rings. The summed E-state index contributed by atoms with van der Waals surface area (Å²) in [5, 5.41) is 0.746. The number of anilines is 1. The van der Waals surface area contributed by atoms with E-state index >= 15 is 0 Å². The highest BCUT2D eigenvalue weighted by atomic mass is 35.5. The second-order valence-electron chi connectivity index (χ2n) is 4.21. The van der Waals surface area contributed by atoms with Crippen molar-refractivity contribution in [1.82, 2.24) is 4.98 Å². The number of esters is 1. The maximum Gasteiger partial charge on any atom is 0.358 e. The SMILES string of the molecule is COC(=O)c1nc(-c2ccc(Cl)c(C)c2)cc(N)c1Cl. The maximum absolute atomic E-state index is 11.6. The van der Waals surface area contributed by atoms with Crippen molar-refractivity contribution in [3.05, 3.63) is 45.6 Å². The molecule has 0 bridgehead atoms. The second-order valence-corrected chi connectivity index (χ2v) is 5.00. The van der Waals surface area contributed by atoms with Crippen LogP contribution in [0.5, 0.6) is 0 Å². The molecule has 0 aliphatic rings. The standard InChI is InChI=1S/C14H12Cl2N2O2/c1-7-5-8(3-4-9(7)15)11-6-10(17)12(16)13(18-11)14(19)20-2/h3-6H,1-2H3,(H2,17,18). The van der Waals surface area contributed by atoms with Crippen LogP contribution in [0.1, 0.15) is 16.1 Å². The van der Waals surface area contributed by atoms with Crippen molar-refractivity contribution in [2.24, 2.45) is 0 Å². The maximum atomic E-state index is 11.6. The van der Waals surface area contributed by atoms with Crippen LogP contribution in [-0.2, 0) is 4.74 Å². The van der Waals surface area contributed by atoms with E-state index in [0.29, 0.717) is 10.7 Å². The average Bonchev–Trinajstić information content (AvgIpc) is 2.44. The topological polar surface area (TPSA) is 65.2 Å². The first kappa shape index (κ1) is 14.6. The minimum absolute atomic E-state index is 0.00299. The van der Waals surface area contributed by atoms with Gasteiger partial charge in [0.05, 0.1) is 23.5 Å².